The van der Waals surface area contributed by atoms with Crippen LogP contribution in [-0.2, 0) is 12.4 Å². The maximum absolute atomic E-state index is 11.0. The first-order chi connectivity index (χ1) is 12.5. The lowest BCUT2D eigenvalue weighted by atomic mass is 10.1. The van der Waals surface area contributed by atoms with E-state index in [1.807, 2.05) is 19.1 Å². The van der Waals surface area contributed by atoms with Gasteiger partial charge in [0.2, 0.25) is 0 Å². The van der Waals surface area contributed by atoms with Crippen LogP contribution in [0.3, 0.4) is 0 Å². The molecule has 0 aliphatic rings. The highest BCUT2D eigenvalue weighted by Crippen LogP contribution is 2.24. The van der Waals surface area contributed by atoms with E-state index in [1.54, 1.807) is 30.3 Å². The van der Waals surface area contributed by atoms with Crippen LogP contribution in [-0.4, -0.2) is 21.3 Å². The lowest BCUT2D eigenvalue weighted by molar-refractivity contribution is 0.0697. The Bertz CT molecular complexity index is 929. The van der Waals surface area contributed by atoms with Crippen molar-refractivity contribution in [3.8, 4) is 5.75 Å². The summed E-state index contributed by atoms with van der Waals surface area (Å²) in [6.45, 7) is 2.06. The van der Waals surface area contributed by atoms with E-state index in [9.17, 15) is 4.79 Å². The Morgan fingerprint density at radius 2 is 2.12 bits per heavy atom. The molecule has 1 N–H and O–H groups in total. The lowest BCUT2D eigenvalue weighted by Crippen LogP contribution is -1.97. The summed E-state index contributed by atoms with van der Waals surface area (Å²) in [4.78, 5) is 11.0. The van der Waals surface area contributed by atoms with Gasteiger partial charge in [-0.25, -0.2) is 4.79 Å². The zero-order valence-electron chi connectivity index (χ0n) is 13.8. The van der Waals surface area contributed by atoms with Gasteiger partial charge in [0, 0.05) is 10.8 Å². The van der Waals surface area contributed by atoms with Crippen molar-refractivity contribution in [2.75, 3.05) is 0 Å². The number of halogens is 1. The zero-order chi connectivity index (χ0) is 18.5. The summed E-state index contributed by atoms with van der Waals surface area (Å²) in [6, 6.07) is 12.1. The first-order valence-electron chi connectivity index (χ1n) is 7.67. The summed E-state index contributed by atoms with van der Waals surface area (Å²) in [5, 5.41) is 18.0. The minimum absolute atomic E-state index is 0.157. The van der Waals surface area contributed by atoms with Gasteiger partial charge in [0.1, 0.15) is 5.75 Å². The molecule has 0 spiro atoms. The number of carboxylic acid groups (broad SMARTS) is 1. The molecule has 3 aromatic rings. The predicted octanol–water partition coefficient (Wildman–Crippen LogP) is 4.60. The molecular weight excluding hydrogens is 376 g/mol. The lowest BCUT2D eigenvalue weighted by Gasteiger charge is -2.06. The van der Waals surface area contributed by atoms with Crippen LogP contribution < -0.4 is 4.74 Å². The van der Waals surface area contributed by atoms with Crippen LogP contribution in [0.15, 0.2) is 52.1 Å². The third kappa shape index (κ3) is 4.77. The van der Waals surface area contributed by atoms with Crippen molar-refractivity contribution in [1.82, 2.24) is 10.2 Å². The normalized spacial score (nSPS) is 10.7. The second-order valence-corrected chi connectivity index (χ2v) is 6.82. The Hall–Kier alpha value is -2.51. The minimum Gasteiger partial charge on any atom is -0.484 e. The van der Waals surface area contributed by atoms with Gasteiger partial charge < -0.3 is 14.3 Å². The van der Waals surface area contributed by atoms with Gasteiger partial charge in [-0.2, -0.15) is 0 Å². The summed E-state index contributed by atoms with van der Waals surface area (Å²) in [5.74, 6) is 0.639. The molecule has 1 aromatic heterocycles. The molecular formula is C18H15ClN2O4S. The summed E-state index contributed by atoms with van der Waals surface area (Å²) in [7, 11) is 0. The van der Waals surface area contributed by atoms with Gasteiger partial charge in [0.25, 0.3) is 11.1 Å². The number of rotatable bonds is 7. The average molecular weight is 391 g/mol. The van der Waals surface area contributed by atoms with Gasteiger partial charge in [-0.1, -0.05) is 35.5 Å². The number of hydrogen-bond donors (Lipinski definition) is 1. The van der Waals surface area contributed by atoms with Crippen LogP contribution in [0, 0.1) is 6.92 Å². The zero-order valence-corrected chi connectivity index (χ0v) is 15.4. The molecule has 0 unspecified atom stereocenters. The third-order valence-corrected chi connectivity index (χ3v) is 4.60. The second-order valence-electron chi connectivity index (χ2n) is 5.45. The Balaban J connectivity index is 1.56. The minimum atomic E-state index is -0.952. The van der Waals surface area contributed by atoms with Crippen LogP contribution in [0.25, 0.3) is 0 Å². The van der Waals surface area contributed by atoms with Gasteiger partial charge in [0.05, 0.1) is 5.56 Å². The van der Waals surface area contributed by atoms with Crippen molar-refractivity contribution in [2.45, 2.75) is 24.5 Å². The first kappa shape index (κ1) is 18.3. The molecule has 2 aromatic carbocycles. The number of nitrogens with zero attached hydrogens (tertiary/aromatic N) is 2. The van der Waals surface area contributed by atoms with E-state index in [1.165, 1.54) is 11.8 Å². The monoisotopic (exact) mass is 390 g/mol. The van der Waals surface area contributed by atoms with E-state index < -0.39 is 5.97 Å². The van der Waals surface area contributed by atoms with Crippen LogP contribution >= 0.6 is 23.4 Å². The Labute approximate surface area is 159 Å². The SMILES string of the molecule is Cc1cc(Cl)ccc1OCc1nnc(SCc2cccc(C(=O)O)c2)o1. The summed E-state index contributed by atoms with van der Waals surface area (Å²) in [5.41, 5.74) is 2.04. The molecule has 6 nitrogen and oxygen atoms in total. The van der Waals surface area contributed by atoms with Gasteiger partial charge in [-0.3, -0.25) is 0 Å². The number of aryl methyl sites for hydroxylation is 1. The standard InChI is InChI=1S/C18H15ClN2O4S/c1-11-7-14(19)5-6-15(11)24-9-16-20-21-18(25-16)26-10-12-3-2-4-13(8-12)17(22)23/h2-8H,9-10H2,1H3,(H,22,23). The molecule has 0 amide bonds. The molecule has 0 aliphatic heterocycles. The highest BCUT2D eigenvalue weighted by atomic mass is 35.5. The van der Waals surface area contributed by atoms with Crippen molar-refractivity contribution >= 4 is 29.3 Å². The molecule has 0 saturated heterocycles. The highest BCUT2D eigenvalue weighted by molar-refractivity contribution is 7.98. The largest absolute Gasteiger partial charge is 0.484 e. The van der Waals surface area contributed by atoms with Crippen LogP contribution in [0.5, 0.6) is 5.75 Å². The molecule has 0 aliphatic carbocycles. The Kier molecular flexibility index (Phi) is 5.80. The number of carboxylic acids is 1. The van der Waals surface area contributed by atoms with Gasteiger partial charge in [-0.15, -0.1) is 10.2 Å². The number of hydrogen-bond acceptors (Lipinski definition) is 6. The first-order valence-corrected chi connectivity index (χ1v) is 9.04. The summed E-state index contributed by atoms with van der Waals surface area (Å²) in [6.07, 6.45) is 0. The maximum atomic E-state index is 11.0. The van der Waals surface area contributed by atoms with Gasteiger partial charge in [-0.05, 0) is 48.4 Å². The van der Waals surface area contributed by atoms with Crippen molar-refractivity contribution in [1.29, 1.82) is 0 Å². The van der Waals surface area contributed by atoms with Crippen LogP contribution in [0.4, 0.5) is 0 Å². The molecule has 0 atom stereocenters. The van der Waals surface area contributed by atoms with Gasteiger partial charge >= 0.3 is 5.97 Å². The van der Waals surface area contributed by atoms with Crippen LogP contribution in [0.2, 0.25) is 5.02 Å². The summed E-state index contributed by atoms with van der Waals surface area (Å²) >= 11 is 7.25. The van der Waals surface area contributed by atoms with E-state index in [2.05, 4.69) is 10.2 Å². The average Bonchev–Trinajstić information content (AvgIpc) is 3.07. The third-order valence-electron chi connectivity index (χ3n) is 3.47. The van der Waals surface area contributed by atoms with Gasteiger partial charge in [0.15, 0.2) is 6.61 Å². The fourth-order valence-electron chi connectivity index (χ4n) is 2.21. The van der Waals surface area contributed by atoms with Crippen LogP contribution in [0.1, 0.15) is 27.4 Å². The van der Waals surface area contributed by atoms with E-state index in [-0.39, 0.29) is 12.2 Å². The molecule has 134 valence electrons. The fourth-order valence-corrected chi connectivity index (χ4v) is 3.16. The number of aromatic carboxylic acids is 1. The van der Waals surface area contributed by atoms with Crippen molar-refractivity contribution < 1.29 is 19.1 Å². The second kappa shape index (κ2) is 8.25. The molecule has 8 heteroatoms. The predicted molar refractivity (Wildman–Crippen MR) is 97.8 cm³/mol. The Morgan fingerprint density at radius 3 is 2.88 bits per heavy atom. The number of ether oxygens (including phenoxy) is 1. The number of thioether (sulfide) groups is 1. The fraction of sp³-hybridized carbons (Fsp3) is 0.167. The van der Waals surface area contributed by atoms with E-state index >= 15 is 0 Å². The number of benzene rings is 2. The molecule has 0 fully saturated rings. The molecule has 3 rings (SSSR count). The topological polar surface area (TPSA) is 85.5 Å². The van der Waals surface area contributed by atoms with Crippen molar-refractivity contribution in [3.05, 3.63) is 70.1 Å². The highest BCUT2D eigenvalue weighted by Gasteiger charge is 2.10. The molecule has 0 saturated carbocycles. The smallest absolute Gasteiger partial charge is 0.335 e. The summed E-state index contributed by atoms with van der Waals surface area (Å²) < 4.78 is 11.2. The Morgan fingerprint density at radius 1 is 1.27 bits per heavy atom. The number of aromatic nitrogens is 2. The van der Waals surface area contributed by atoms with E-state index in [4.69, 9.17) is 25.9 Å². The molecule has 0 bridgehead atoms. The van der Waals surface area contributed by atoms with Crippen molar-refractivity contribution in [2.24, 2.45) is 0 Å². The van der Waals surface area contributed by atoms with E-state index in [0.29, 0.717) is 27.6 Å². The molecule has 26 heavy (non-hydrogen) atoms. The molecule has 1 heterocycles. The molecule has 0 radical (unpaired) electrons. The maximum Gasteiger partial charge on any atom is 0.335 e. The quantitative estimate of drug-likeness (QED) is 0.590. The number of carbonyl (C=O) groups is 1. The van der Waals surface area contributed by atoms with Crippen molar-refractivity contribution in [3.63, 3.8) is 0 Å². The van der Waals surface area contributed by atoms with E-state index in [0.717, 1.165) is 11.1 Å².